The van der Waals surface area contributed by atoms with E-state index < -0.39 is 10.0 Å². The summed E-state index contributed by atoms with van der Waals surface area (Å²) in [6.07, 6.45) is 6.64. The molecule has 1 heterocycles. The van der Waals surface area contributed by atoms with Crippen LogP contribution in [0.15, 0.2) is 17.2 Å². The van der Waals surface area contributed by atoms with Crippen molar-refractivity contribution in [3.8, 4) is 0 Å². The number of amides is 1. The summed E-state index contributed by atoms with van der Waals surface area (Å²) >= 11 is 0. The maximum Gasteiger partial charge on any atom is 0.267 e. The number of fused-ring (bicyclic) bond motifs is 2. The molecule has 1 amide bonds. The van der Waals surface area contributed by atoms with E-state index in [1.807, 2.05) is 0 Å². The largest absolute Gasteiger partial charge is 0.356 e. The predicted molar refractivity (Wildman–Crippen MR) is 103 cm³/mol. The molecule has 2 aliphatic rings. The molecule has 7 nitrogen and oxygen atoms in total. The minimum Gasteiger partial charge on any atom is -0.356 e. The lowest BCUT2D eigenvalue weighted by Crippen LogP contribution is -2.53. The molecule has 26 heavy (non-hydrogen) atoms. The molecule has 2 unspecified atom stereocenters. The van der Waals surface area contributed by atoms with Crippen molar-refractivity contribution in [1.82, 2.24) is 15.0 Å². The molecule has 148 valence electrons. The van der Waals surface area contributed by atoms with Gasteiger partial charge in [0.05, 0.1) is 0 Å². The lowest BCUT2D eigenvalue weighted by atomic mass is 9.67. The van der Waals surface area contributed by atoms with Crippen LogP contribution in [0.5, 0.6) is 0 Å². The molecule has 1 aromatic rings. The number of hydrogen-bond acceptors (Lipinski definition) is 4. The smallest absolute Gasteiger partial charge is 0.267 e. The first-order chi connectivity index (χ1) is 11.8. The van der Waals surface area contributed by atoms with Gasteiger partial charge in [-0.1, -0.05) is 6.42 Å². The zero-order valence-corrected chi connectivity index (χ0v) is 16.8. The van der Waals surface area contributed by atoms with Gasteiger partial charge >= 0.3 is 0 Å². The van der Waals surface area contributed by atoms with Gasteiger partial charge in [-0.05, 0) is 57.4 Å². The number of carbonyl (C=O) groups excluding carboxylic acids is 1. The van der Waals surface area contributed by atoms with E-state index >= 15 is 0 Å². The van der Waals surface area contributed by atoms with E-state index in [4.69, 9.17) is 5.73 Å². The zero-order valence-electron chi connectivity index (χ0n) is 15.2. The summed E-state index contributed by atoms with van der Waals surface area (Å²) in [5, 5.41) is 3.12. The minimum absolute atomic E-state index is 0. The van der Waals surface area contributed by atoms with Crippen LogP contribution in [0, 0.1) is 11.8 Å². The topological polar surface area (TPSA) is 117 Å². The van der Waals surface area contributed by atoms with Crippen LogP contribution in [0.2, 0.25) is 0 Å². The van der Waals surface area contributed by atoms with Gasteiger partial charge in [0.1, 0.15) is 10.6 Å². The Hall–Kier alpha value is -1.09. The van der Waals surface area contributed by atoms with Gasteiger partial charge < -0.3 is 16.0 Å². The average molecular weight is 405 g/mol. The van der Waals surface area contributed by atoms with Crippen molar-refractivity contribution < 1.29 is 13.2 Å². The summed E-state index contributed by atoms with van der Waals surface area (Å²) in [7, 11) is -3.61. The molecule has 2 bridgehead atoms. The summed E-state index contributed by atoms with van der Waals surface area (Å²) in [6.45, 7) is 3.51. The van der Waals surface area contributed by atoms with Crippen molar-refractivity contribution in [3.05, 3.63) is 18.0 Å². The summed E-state index contributed by atoms with van der Waals surface area (Å²) in [5.41, 5.74) is 6.40. The zero-order chi connectivity index (χ0) is 18.2. The number of H-pyrrole nitrogens is 1. The lowest BCUT2D eigenvalue weighted by molar-refractivity contribution is 0.0752. The lowest BCUT2D eigenvalue weighted by Gasteiger charge is -2.45. The summed E-state index contributed by atoms with van der Waals surface area (Å²) in [4.78, 5) is 15.5. The number of hydrogen-bond donors (Lipinski definition) is 4. The number of rotatable bonds is 5. The van der Waals surface area contributed by atoms with Crippen LogP contribution >= 0.6 is 12.4 Å². The Balaban J connectivity index is 0.00000243. The highest BCUT2D eigenvalue weighted by atomic mass is 35.5. The number of aromatic amines is 1. The third kappa shape index (κ3) is 4.60. The number of halogens is 1. The standard InChI is InChI=1S/C17H28N4O3S.ClH/c1-10(2)21-25(23,24)14-8-15(19-9-14)17(22)20-16-11-4-3-5-12(16)7-13(18)6-11;/h8-13,16,19,21H,3-7,18H2,1-2H3,(H,20,22);1H. The third-order valence-corrected chi connectivity index (χ3v) is 6.91. The number of nitrogens with one attached hydrogen (secondary N) is 3. The van der Waals surface area contributed by atoms with Gasteiger partial charge in [-0.2, -0.15) is 0 Å². The van der Waals surface area contributed by atoms with Gasteiger partial charge in [-0.25, -0.2) is 13.1 Å². The molecule has 9 heteroatoms. The van der Waals surface area contributed by atoms with Crippen molar-refractivity contribution >= 4 is 28.3 Å². The number of aromatic nitrogens is 1. The number of sulfonamides is 1. The van der Waals surface area contributed by atoms with Crippen LogP contribution < -0.4 is 15.8 Å². The number of nitrogens with two attached hydrogens (primary N) is 1. The Morgan fingerprint density at radius 3 is 2.46 bits per heavy atom. The molecule has 2 fully saturated rings. The molecule has 2 saturated carbocycles. The van der Waals surface area contributed by atoms with Crippen molar-refractivity contribution in [2.75, 3.05) is 0 Å². The van der Waals surface area contributed by atoms with Gasteiger partial charge in [0.15, 0.2) is 0 Å². The van der Waals surface area contributed by atoms with Crippen LogP contribution in [0.25, 0.3) is 0 Å². The second-order valence-electron chi connectivity index (χ2n) is 7.71. The van der Waals surface area contributed by atoms with Crippen LogP contribution in [-0.4, -0.2) is 37.4 Å². The molecule has 3 rings (SSSR count). The van der Waals surface area contributed by atoms with Crippen molar-refractivity contribution in [2.24, 2.45) is 17.6 Å². The fourth-order valence-corrected chi connectivity index (χ4v) is 5.54. The maximum atomic E-state index is 12.6. The van der Waals surface area contributed by atoms with E-state index in [1.165, 1.54) is 18.7 Å². The minimum atomic E-state index is -3.61. The first kappa shape index (κ1) is 21.2. The number of carbonyl (C=O) groups is 1. The molecule has 2 atom stereocenters. The van der Waals surface area contributed by atoms with Crippen LogP contribution in [-0.2, 0) is 10.0 Å². The van der Waals surface area contributed by atoms with E-state index in [1.54, 1.807) is 13.8 Å². The Morgan fingerprint density at radius 2 is 1.88 bits per heavy atom. The van der Waals surface area contributed by atoms with Crippen LogP contribution in [0.1, 0.15) is 56.4 Å². The Bertz CT molecular complexity index is 720. The highest BCUT2D eigenvalue weighted by Crippen LogP contribution is 2.39. The molecule has 0 aromatic carbocycles. The van der Waals surface area contributed by atoms with Gasteiger partial charge in [0, 0.05) is 24.3 Å². The molecular weight excluding hydrogens is 376 g/mol. The second kappa shape index (κ2) is 8.29. The predicted octanol–water partition coefficient (Wildman–Crippen LogP) is 1.76. The fourth-order valence-electron chi connectivity index (χ4n) is 4.29. The Morgan fingerprint density at radius 1 is 1.27 bits per heavy atom. The molecule has 5 N–H and O–H groups in total. The summed E-state index contributed by atoms with van der Waals surface area (Å²) < 4.78 is 26.9. The van der Waals surface area contributed by atoms with E-state index in [0.29, 0.717) is 11.8 Å². The van der Waals surface area contributed by atoms with E-state index in [9.17, 15) is 13.2 Å². The molecule has 1 aromatic heterocycles. The summed E-state index contributed by atoms with van der Waals surface area (Å²) in [5.74, 6) is 0.600. The van der Waals surface area contributed by atoms with Crippen LogP contribution in [0.3, 0.4) is 0 Å². The summed E-state index contributed by atoms with van der Waals surface area (Å²) in [6, 6.07) is 1.55. The molecule has 0 spiro atoms. The van der Waals surface area contributed by atoms with Gasteiger partial charge in [-0.15, -0.1) is 12.4 Å². The third-order valence-electron chi connectivity index (χ3n) is 5.28. The first-order valence-electron chi connectivity index (χ1n) is 9.03. The monoisotopic (exact) mass is 404 g/mol. The molecular formula is C17H29ClN4O3S. The normalized spacial score (nSPS) is 28.5. The van der Waals surface area contributed by atoms with Crippen molar-refractivity contribution in [3.63, 3.8) is 0 Å². The maximum absolute atomic E-state index is 12.6. The molecule has 0 aliphatic heterocycles. The van der Waals surface area contributed by atoms with Crippen molar-refractivity contribution in [2.45, 2.75) is 69.0 Å². The van der Waals surface area contributed by atoms with E-state index in [0.717, 1.165) is 25.7 Å². The SMILES string of the molecule is CC(C)NS(=O)(=O)c1c[nH]c(C(=O)NC2C3CCCC2CC(N)C3)c1.Cl. The Labute approximate surface area is 161 Å². The molecule has 0 saturated heterocycles. The molecule has 2 aliphatic carbocycles. The van der Waals surface area contributed by atoms with Gasteiger partial charge in [-0.3, -0.25) is 4.79 Å². The van der Waals surface area contributed by atoms with Gasteiger partial charge in [0.25, 0.3) is 5.91 Å². The molecule has 0 radical (unpaired) electrons. The van der Waals surface area contributed by atoms with Gasteiger partial charge in [0.2, 0.25) is 10.0 Å². The quantitative estimate of drug-likeness (QED) is 0.598. The van der Waals surface area contributed by atoms with E-state index in [-0.39, 0.29) is 47.0 Å². The second-order valence-corrected chi connectivity index (χ2v) is 9.42. The first-order valence-corrected chi connectivity index (χ1v) is 10.5. The Kier molecular flexibility index (Phi) is 6.76. The van der Waals surface area contributed by atoms with Crippen LogP contribution in [0.4, 0.5) is 0 Å². The highest BCUT2D eigenvalue weighted by Gasteiger charge is 2.40. The van der Waals surface area contributed by atoms with Crippen molar-refractivity contribution in [1.29, 1.82) is 0 Å². The average Bonchev–Trinajstić information content (AvgIpc) is 2.97. The van der Waals surface area contributed by atoms with E-state index in [2.05, 4.69) is 15.0 Å². The highest BCUT2D eigenvalue weighted by molar-refractivity contribution is 7.89. The fraction of sp³-hybridized carbons (Fsp3) is 0.706.